The first-order valence-electron chi connectivity index (χ1n) is 6.56. The van der Waals surface area contributed by atoms with Crippen LogP contribution in [0.25, 0.3) is 11.1 Å². The summed E-state index contributed by atoms with van der Waals surface area (Å²) in [5, 5.41) is 8.05. The summed E-state index contributed by atoms with van der Waals surface area (Å²) in [5.74, 6) is 0.450. The Morgan fingerprint density at radius 3 is 2.89 bits per heavy atom. The Bertz CT molecular complexity index is 581. The second-order valence-electron chi connectivity index (χ2n) is 5.26. The second-order valence-corrected chi connectivity index (χ2v) is 5.26. The maximum absolute atomic E-state index is 4.61. The van der Waals surface area contributed by atoms with Crippen LogP contribution in [0.5, 0.6) is 0 Å². The van der Waals surface area contributed by atoms with E-state index in [2.05, 4.69) is 48.7 Å². The standard InChI is InChI=1S/C15H19N3/c1-10(2)15-13(9-18(3)17-15)11-5-4-6-14-12(11)7-8-16-14/h4-6,9-10,16H,7-8H2,1-3H3. The molecule has 0 atom stereocenters. The molecule has 0 unspecified atom stereocenters. The average molecular weight is 241 g/mol. The topological polar surface area (TPSA) is 29.9 Å². The molecular formula is C15H19N3. The van der Waals surface area contributed by atoms with Crippen LogP contribution in [-0.2, 0) is 13.5 Å². The predicted molar refractivity (Wildman–Crippen MR) is 74.9 cm³/mol. The summed E-state index contributed by atoms with van der Waals surface area (Å²) >= 11 is 0. The van der Waals surface area contributed by atoms with Crippen molar-refractivity contribution in [2.24, 2.45) is 7.05 Å². The summed E-state index contributed by atoms with van der Waals surface area (Å²) < 4.78 is 1.92. The number of aromatic nitrogens is 2. The highest BCUT2D eigenvalue weighted by molar-refractivity contribution is 5.77. The third-order valence-electron chi connectivity index (χ3n) is 3.56. The van der Waals surface area contributed by atoms with Gasteiger partial charge in [0.25, 0.3) is 0 Å². The molecule has 0 aliphatic carbocycles. The number of fused-ring (bicyclic) bond motifs is 1. The molecule has 0 saturated heterocycles. The molecule has 1 N–H and O–H groups in total. The molecule has 3 rings (SSSR count). The molecule has 1 aromatic carbocycles. The minimum atomic E-state index is 0.450. The first-order valence-corrected chi connectivity index (χ1v) is 6.56. The van der Waals surface area contributed by atoms with Crippen molar-refractivity contribution in [2.75, 3.05) is 11.9 Å². The molecule has 2 heterocycles. The predicted octanol–water partition coefficient (Wildman–Crippen LogP) is 3.18. The molecule has 3 heteroatoms. The van der Waals surface area contributed by atoms with Gasteiger partial charge in [-0.2, -0.15) is 5.10 Å². The Hall–Kier alpha value is -1.77. The van der Waals surface area contributed by atoms with Gasteiger partial charge in [0.2, 0.25) is 0 Å². The van der Waals surface area contributed by atoms with E-state index in [0.717, 1.165) is 13.0 Å². The van der Waals surface area contributed by atoms with Crippen LogP contribution < -0.4 is 5.32 Å². The summed E-state index contributed by atoms with van der Waals surface area (Å²) in [5.41, 5.74) is 6.54. The van der Waals surface area contributed by atoms with Crippen molar-refractivity contribution < 1.29 is 0 Å². The second kappa shape index (κ2) is 4.16. The van der Waals surface area contributed by atoms with Gasteiger partial charge in [0.05, 0.1) is 5.69 Å². The van der Waals surface area contributed by atoms with Gasteiger partial charge >= 0.3 is 0 Å². The fourth-order valence-electron chi connectivity index (χ4n) is 2.74. The van der Waals surface area contributed by atoms with E-state index in [0.29, 0.717) is 5.92 Å². The number of rotatable bonds is 2. The van der Waals surface area contributed by atoms with Gasteiger partial charge < -0.3 is 5.32 Å². The third-order valence-corrected chi connectivity index (χ3v) is 3.56. The summed E-state index contributed by atoms with van der Waals surface area (Å²) in [6.45, 7) is 5.45. The van der Waals surface area contributed by atoms with Crippen molar-refractivity contribution in [3.63, 3.8) is 0 Å². The molecule has 0 spiro atoms. The molecule has 3 nitrogen and oxygen atoms in total. The van der Waals surface area contributed by atoms with Crippen molar-refractivity contribution >= 4 is 5.69 Å². The average Bonchev–Trinajstić information content (AvgIpc) is 2.94. The van der Waals surface area contributed by atoms with E-state index in [1.54, 1.807) is 0 Å². The summed E-state index contributed by atoms with van der Waals surface area (Å²) in [6, 6.07) is 6.51. The highest BCUT2D eigenvalue weighted by Crippen LogP contribution is 2.36. The zero-order valence-corrected chi connectivity index (χ0v) is 11.2. The number of nitrogens with zero attached hydrogens (tertiary/aromatic N) is 2. The van der Waals surface area contributed by atoms with Crippen molar-refractivity contribution in [3.8, 4) is 11.1 Å². The highest BCUT2D eigenvalue weighted by Gasteiger charge is 2.19. The van der Waals surface area contributed by atoms with E-state index in [4.69, 9.17) is 0 Å². The molecule has 0 radical (unpaired) electrons. The van der Waals surface area contributed by atoms with Crippen LogP contribution in [0.15, 0.2) is 24.4 Å². The van der Waals surface area contributed by atoms with E-state index in [1.165, 1.54) is 28.1 Å². The van der Waals surface area contributed by atoms with Gasteiger partial charge in [-0.05, 0) is 29.5 Å². The number of nitrogens with one attached hydrogen (secondary N) is 1. The number of benzene rings is 1. The van der Waals surface area contributed by atoms with Gasteiger partial charge in [-0.25, -0.2) is 0 Å². The number of hydrogen-bond donors (Lipinski definition) is 1. The molecule has 0 amide bonds. The lowest BCUT2D eigenvalue weighted by Crippen LogP contribution is -1.94. The van der Waals surface area contributed by atoms with E-state index >= 15 is 0 Å². The van der Waals surface area contributed by atoms with Gasteiger partial charge in [-0.15, -0.1) is 0 Å². The molecule has 0 saturated carbocycles. The minimum Gasteiger partial charge on any atom is -0.384 e. The Morgan fingerprint density at radius 1 is 1.28 bits per heavy atom. The molecule has 0 bridgehead atoms. The van der Waals surface area contributed by atoms with Gasteiger partial charge in [-0.1, -0.05) is 26.0 Å². The Labute approximate surface area is 108 Å². The van der Waals surface area contributed by atoms with Gasteiger partial charge in [0.1, 0.15) is 0 Å². The van der Waals surface area contributed by atoms with Crippen LogP contribution in [0.3, 0.4) is 0 Å². The molecule has 0 fully saturated rings. The lowest BCUT2D eigenvalue weighted by atomic mass is 9.95. The fourth-order valence-corrected chi connectivity index (χ4v) is 2.74. The maximum Gasteiger partial charge on any atom is 0.0728 e. The van der Waals surface area contributed by atoms with Crippen molar-refractivity contribution in [1.29, 1.82) is 0 Å². The number of anilines is 1. The Balaban J connectivity index is 2.19. The van der Waals surface area contributed by atoms with Gasteiger partial charge in [0, 0.05) is 31.0 Å². The smallest absolute Gasteiger partial charge is 0.0728 e. The quantitative estimate of drug-likeness (QED) is 0.875. The van der Waals surface area contributed by atoms with Gasteiger partial charge in [0.15, 0.2) is 0 Å². The third kappa shape index (κ3) is 1.70. The maximum atomic E-state index is 4.61. The summed E-state index contributed by atoms with van der Waals surface area (Å²) in [6.07, 6.45) is 3.25. The minimum absolute atomic E-state index is 0.450. The highest BCUT2D eigenvalue weighted by atomic mass is 15.3. The van der Waals surface area contributed by atoms with Crippen LogP contribution in [0.4, 0.5) is 5.69 Å². The molecule has 2 aromatic rings. The molecule has 1 aliphatic heterocycles. The van der Waals surface area contributed by atoms with Crippen molar-refractivity contribution in [3.05, 3.63) is 35.7 Å². The van der Waals surface area contributed by atoms with Crippen LogP contribution in [0.2, 0.25) is 0 Å². The molecule has 94 valence electrons. The lowest BCUT2D eigenvalue weighted by Gasteiger charge is -2.09. The zero-order chi connectivity index (χ0) is 12.7. The zero-order valence-electron chi connectivity index (χ0n) is 11.2. The van der Waals surface area contributed by atoms with E-state index in [9.17, 15) is 0 Å². The lowest BCUT2D eigenvalue weighted by molar-refractivity contribution is 0.713. The Morgan fingerprint density at radius 2 is 2.11 bits per heavy atom. The normalized spacial score (nSPS) is 13.8. The van der Waals surface area contributed by atoms with Crippen LogP contribution in [-0.4, -0.2) is 16.3 Å². The van der Waals surface area contributed by atoms with E-state index < -0.39 is 0 Å². The number of aryl methyl sites for hydroxylation is 1. The molecule has 1 aliphatic rings. The summed E-state index contributed by atoms with van der Waals surface area (Å²) in [7, 11) is 2.00. The van der Waals surface area contributed by atoms with Crippen molar-refractivity contribution in [1.82, 2.24) is 9.78 Å². The monoisotopic (exact) mass is 241 g/mol. The van der Waals surface area contributed by atoms with Crippen LogP contribution in [0, 0.1) is 0 Å². The van der Waals surface area contributed by atoms with E-state index in [1.807, 2.05) is 11.7 Å². The first-order chi connectivity index (χ1) is 8.66. The number of hydrogen-bond acceptors (Lipinski definition) is 2. The first kappa shape index (κ1) is 11.3. The van der Waals surface area contributed by atoms with Gasteiger partial charge in [-0.3, -0.25) is 4.68 Å². The summed E-state index contributed by atoms with van der Waals surface area (Å²) in [4.78, 5) is 0. The Kier molecular flexibility index (Phi) is 2.62. The SMILES string of the molecule is CC(C)c1nn(C)cc1-c1cccc2c1CCN2. The van der Waals surface area contributed by atoms with Crippen LogP contribution in [0.1, 0.15) is 31.0 Å². The largest absolute Gasteiger partial charge is 0.384 e. The van der Waals surface area contributed by atoms with Crippen molar-refractivity contribution in [2.45, 2.75) is 26.2 Å². The van der Waals surface area contributed by atoms with Crippen LogP contribution >= 0.6 is 0 Å². The molecular weight excluding hydrogens is 222 g/mol. The van der Waals surface area contributed by atoms with E-state index in [-0.39, 0.29) is 0 Å². The molecule has 18 heavy (non-hydrogen) atoms. The fraction of sp³-hybridized carbons (Fsp3) is 0.400. The molecule has 1 aromatic heterocycles.